The van der Waals surface area contributed by atoms with Crippen LogP contribution in [0.3, 0.4) is 0 Å². The van der Waals surface area contributed by atoms with E-state index in [-0.39, 0.29) is 18.5 Å². The molecule has 10 heteroatoms. The molecule has 0 saturated heterocycles. The molecule has 0 amide bonds. The topological polar surface area (TPSA) is 93.2 Å². The van der Waals surface area contributed by atoms with Gasteiger partial charge in [0.1, 0.15) is 5.69 Å². The van der Waals surface area contributed by atoms with Crippen molar-refractivity contribution in [1.82, 2.24) is 19.6 Å². The van der Waals surface area contributed by atoms with Crippen LogP contribution in [-0.2, 0) is 29.8 Å². The number of halogens is 3. The molecule has 2 aromatic heterocycles. The molecule has 0 radical (unpaired) electrons. The Morgan fingerprint density at radius 3 is 2.50 bits per heavy atom. The Morgan fingerprint density at radius 2 is 1.79 bits per heavy atom. The van der Waals surface area contributed by atoms with Crippen LogP contribution in [0.5, 0.6) is 0 Å². The Kier molecular flexibility index (Phi) is 5.20. The van der Waals surface area contributed by atoms with Crippen LogP contribution in [0.4, 0.5) is 13.2 Å². The molecule has 2 atom stereocenters. The van der Waals surface area contributed by atoms with Crippen molar-refractivity contribution < 1.29 is 28.2 Å². The number of aliphatic hydroxyl groups is 1. The standard InChI is InChI=1S/C24H21F3N4O3/c25-24(26,27)23(34,15-6-2-1-3-7-15)21-13-28-29-31(21)16-10-11-20-18(12-22(32)33)17-8-4-5-9-19(17)30(20)14-16/h1-9,13,16,34H,10-12,14H2,(H,32,33). The number of para-hydroxylation sites is 1. The number of hydrogen-bond donors (Lipinski definition) is 2. The van der Waals surface area contributed by atoms with Gasteiger partial charge >= 0.3 is 12.1 Å². The van der Waals surface area contributed by atoms with E-state index >= 15 is 0 Å². The highest BCUT2D eigenvalue weighted by molar-refractivity contribution is 5.89. The highest BCUT2D eigenvalue weighted by Crippen LogP contribution is 2.45. The molecule has 176 valence electrons. The molecule has 3 heterocycles. The van der Waals surface area contributed by atoms with Crippen molar-refractivity contribution in [3.63, 3.8) is 0 Å². The molecule has 1 aliphatic rings. The van der Waals surface area contributed by atoms with Crippen LogP contribution in [0.1, 0.15) is 35.0 Å². The quantitative estimate of drug-likeness (QED) is 0.462. The van der Waals surface area contributed by atoms with Gasteiger partial charge in [0.15, 0.2) is 0 Å². The summed E-state index contributed by atoms with van der Waals surface area (Å²) in [6, 6.07) is 13.8. The van der Waals surface area contributed by atoms with Crippen molar-refractivity contribution >= 4 is 16.9 Å². The Bertz CT molecular complexity index is 1360. The summed E-state index contributed by atoms with van der Waals surface area (Å²) in [5.41, 5.74) is -1.67. The van der Waals surface area contributed by atoms with E-state index in [1.54, 1.807) is 6.07 Å². The molecule has 0 aliphatic carbocycles. The van der Waals surface area contributed by atoms with Crippen LogP contribution >= 0.6 is 0 Å². The Labute approximate surface area is 192 Å². The zero-order valence-corrected chi connectivity index (χ0v) is 17.9. The van der Waals surface area contributed by atoms with E-state index in [0.717, 1.165) is 33.0 Å². The number of aliphatic carboxylic acids is 1. The Morgan fingerprint density at radius 1 is 1.09 bits per heavy atom. The van der Waals surface area contributed by atoms with E-state index in [2.05, 4.69) is 10.3 Å². The van der Waals surface area contributed by atoms with Gasteiger partial charge < -0.3 is 14.8 Å². The zero-order chi connectivity index (χ0) is 24.1. The van der Waals surface area contributed by atoms with Crippen LogP contribution in [0, 0.1) is 0 Å². The van der Waals surface area contributed by atoms with Gasteiger partial charge in [0.05, 0.1) is 18.7 Å². The molecule has 1 aliphatic heterocycles. The van der Waals surface area contributed by atoms with Crippen molar-refractivity contribution in [2.45, 2.75) is 43.6 Å². The normalized spacial score (nSPS) is 17.9. The van der Waals surface area contributed by atoms with Gasteiger partial charge in [-0.1, -0.05) is 53.7 Å². The van der Waals surface area contributed by atoms with Gasteiger partial charge in [-0.25, -0.2) is 4.68 Å². The lowest BCUT2D eigenvalue weighted by atomic mass is 9.89. The number of carbonyl (C=O) groups is 1. The van der Waals surface area contributed by atoms with Crippen molar-refractivity contribution in [3.8, 4) is 0 Å². The lowest BCUT2D eigenvalue weighted by Gasteiger charge is -2.34. The van der Waals surface area contributed by atoms with Crippen LogP contribution < -0.4 is 0 Å². The largest absolute Gasteiger partial charge is 0.481 e. The number of aromatic nitrogens is 4. The maximum Gasteiger partial charge on any atom is 0.427 e. The van der Waals surface area contributed by atoms with E-state index < -0.39 is 29.5 Å². The SMILES string of the molecule is O=C(O)Cc1c2n(c3ccccc13)CC(n1nncc1C(O)(c1ccccc1)C(F)(F)F)CC2. The molecule has 5 rings (SSSR count). The molecule has 34 heavy (non-hydrogen) atoms. The average molecular weight is 470 g/mol. The highest BCUT2D eigenvalue weighted by Gasteiger charge is 2.58. The number of benzene rings is 2. The van der Waals surface area contributed by atoms with Crippen molar-refractivity contribution in [2.24, 2.45) is 0 Å². The smallest absolute Gasteiger partial charge is 0.427 e. The lowest BCUT2D eigenvalue weighted by molar-refractivity contribution is -0.251. The van der Waals surface area contributed by atoms with E-state index in [0.29, 0.717) is 12.8 Å². The molecular weight excluding hydrogens is 449 g/mol. The summed E-state index contributed by atoms with van der Waals surface area (Å²) in [6.07, 6.45) is -3.31. The molecule has 0 spiro atoms. The summed E-state index contributed by atoms with van der Waals surface area (Å²) in [5, 5.41) is 29.0. The molecule has 2 aromatic carbocycles. The van der Waals surface area contributed by atoms with E-state index in [4.69, 9.17) is 0 Å². The highest BCUT2D eigenvalue weighted by atomic mass is 19.4. The van der Waals surface area contributed by atoms with Crippen LogP contribution in [0.25, 0.3) is 10.9 Å². The number of carboxylic acid groups (broad SMARTS) is 1. The van der Waals surface area contributed by atoms with Crippen molar-refractivity contribution in [3.05, 3.63) is 83.3 Å². The van der Waals surface area contributed by atoms with Crippen LogP contribution in [0.15, 0.2) is 60.8 Å². The number of carboxylic acids is 1. The first-order valence-electron chi connectivity index (χ1n) is 10.8. The zero-order valence-electron chi connectivity index (χ0n) is 17.9. The summed E-state index contributed by atoms with van der Waals surface area (Å²) < 4.78 is 46.0. The van der Waals surface area contributed by atoms with E-state index in [9.17, 15) is 28.2 Å². The second-order valence-corrected chi connectivity index (χ2v) is 8.45. The first-order chi connectivity index (χ1) is 16.2. The number of alkyl halides is 3. The second-order valence-electron chi connectivity index (χ2n) is 8.45. The summed E-state index contributed by atoms with van der Waals surface area (Å²) in [6.45, 7) is 0.272. The predicted molar refractivity (Wildman–Crippen MR) is 116 cm³/mol. The van der Waals surface area contributed by atoms with Gasteiger partial charge in [0.2, 0.25) is 5.60 Å². The summed E-state index contributed by atoms with van der Waals surface area (Å²) in [7, 11) is 0. The summed E-state index contributed by atoms with van der Waals surface area (Å²) in [5.74, 6) is -0.946. The van der Waals surface area contributed by atoms with Crippen LogP contribution in [0.2, 0.25) is 0 Å². The first kappa shape index (κ1) is 22.1. The minimum absolute atomic E-state index is 0.135. The Hall–Kier alpha value is -3.66. The minimum Gasteiger partial charge on any atom is -0.481 e. The van der Waals surface area contributed by atoms with Gasteiger partial charge in [-0.15, -0.1) is 5.10 Å². The van der Waals surface area contributed by atoms with E-state index in [1.165, 1.54) is 24.3 Å². The first-order valence-corrected chi connectivity index (χ1v) is 10.8. The third-order valence-corrected chi connectivity index (χ3v) is 6.52. The molecule has 0 fully saturated rings. The number of fused-ring (bicyclic) bond motifs is 3. The number of rotatable bonds is 5. The minimum atomic E-state index is -5.01. The molecular formula is C24H21F3N4O3. The van der Waals surface area contributed by atoms with Gasteiger partial charge in [0.25, 0.3) is 0 Å². The number of hydrogen-bond acceptors (Lipinski definition) is 4. The third-order valence-electron chi connectivity index (χ3n) is 6.52. The molecule has 0 saturated carbocycles. The monoisotopic (exact) mass is 470 g/mol. The molecule has 2 N–H and O–H groups in total. The lowest BCUT2D eigenvalue weighted by Crippen LogP contribution is -2.45. The Balaban J connectivity index is 1.60. The van der Waals surface area contributed by atoms with Gasteiger partial charge in [0, 0.05) is 23.1 Å². The maximum absolute atomic E-state index is 14.3. The fraction of sp³-hybridized carbons (Fsp3) is 0.292. The maximum atomic E-state index is 14.3. The van der Waals surface area contributed by atoms with Gasteiger partial charge in [-0.2, -0.15) is 13.2 Å². The van der Waals surface area contributed by atoms with E-state index in [1.807, 2.05) is 28.8 Å². The van der Waals surface area contributed by atoms with Crippen molar-refractivity contribution in [2.75, 3.05) is 0 Å². The van der Waals surface area contributed by atoms with Crippen molar-refractivity contribution in [1.29, 1.82) is 0 Å². The predicted octanol–water partition coefficient (Wildman–Crippen LogP) is 3.85. The molecule has 2 unspecified atom stereocenters. The summed E-state index contributed by atoms with van der Waals surface area (Å²) >= 11 is 0. The molecule has 4 aromatic rings. The fourth-order valence-corrected chi connectivity index (χ4v) is 4.98. The average Bonchev–Trinajstić information content (AvgIpc) is 3.42. The third kappa shape index (κ3) is 3.37. The summed E-state index contributed by atoms with van der Waals surface area (Å²) in [4.78, 5) is 11.5. The van der Waals surface area contributed by atoms with Gasteiger partial charge in [-0.05, 0) is 30.0 Å². The fourth-order valence-electron chi connectivity index (χ4n) is 4.98. The molecule has 0 bridgehead atoms. The molecule has 7 nitrogen and oxygen atoms in total. The van der Waals surface area contributed by atoms with Gasteiger partial charge in [-0.3, -0.25) is 4.79 Å². The number of nitrogens with zero attached hydrogens (tertiary/aromatic N) is 4. The van der Waals surface area contributed by atoms with Crippen LogP contribution in [-0.4, -0.2) is 41.9 Å². The second kappa shape index (κ2) is 7.98.